The fraction of sp³-hybridized carbons (Fsp3) is 0.125. The molecule has 1 amide bonds. The lowest BCUT2D eigenvalue weighted by molar-refractivity contribution is 0.0954. The molecule has 6 nitrogen and oxygen atoms in total. The largest absolute Gasteiger partial charge is 0.361 e. The van der Waals surface area contributed by atoms with Gasteiger partial charge in [-0.25, -0.2) is 12.8 Å². The molecule has 2 N–H and O–H groups in total. The maximum atomic E-state index is 13.2. The second-order valence-corrected chi connectivity index (χ2v) is 9.83. The van der Waals surface area contributed by atoms with Crippen molar-refractivity contribution in [1.29, 1.82) is 0 Å². The van der Waals surface area contributed by atoms with Gasteiger partial charge in [0.1, 0.15) is 5.82 Å². The van der Waals surface area contributed by atoms with Crippen LogP contribution in [0, 0.1) is 5.82 Å². The van der Waals surface area contributed by atoms with Gasteiger partial charge in [-0.1, -0.05) is 29.8 Å². The van der Waals surface area contributed by atoms with Crippen LogP contribution in [0.3, 0.4) is 0 Å². The molecule has 33 heavy (non-hydrogen) atoms. The Morgan fingerprint density at radius 3 is 2.58 bits per heavy atom. The first-order chi connectivity index (χ1) is 15.8. The van der Waals surface area contributed by atoms with Crippen molar-refractivity contribution in [2.24, 2.45) is 0 Å². The van der Waals surface area contributed by atoms with Crippen molar-refractivity contribution < 1.29 is 17.6 Å². The van der Waals surface area contributed by atoms with Gasteiger partial charge in [0, 0.05) is 30.7 Å². The van der Waals surface area contributed by atoms with Gasteiger partial charge in [0.15, 0.2) is 0 Å². The van der Waals surface area contributed by atoms with Crippen molar-refractivity contribution in [2.75, 3.05) is 17.9 Å². The molecule has 0 spiro atoms. The fourth-order valence-electron chi connectivity index (χ4n) is 3.53. The summed E-state index contributed by atoms with van der Waals surface area (Å²) >= 11 is 6.20. The molecule has 0 fully saturated rings. The number of rotatable bonds is 7. The van der Waals surface area contributed by atoms with E-state index in [1.807, 2.05) is 30.5 Å². The van der Waals surface area contributed by atoms with E-state index in [0.717, 1.165) is 20.8 Å². The summed E-state index contributed by atoms with van der Waals surface area (Å²) in [5, 5.41) is 4.03. The zero-order valence-corrected chi connectivity index (χ0v) is 19.3. The number of anilines is 1. The van der Waals surface area contributed by atoms with Crippen LogP contribution in [0.15, 0.2) is 77.8 Å². The molecule has 1 aromatic heterocycles. The van der Waals surface area contributed by atoms with Crippen molar-refractivity contribution in [3.05, 3.63) is 94.9 Å². The predicted octanol–water partition coefficient (Wildman–Crippen LogP) is 4.76. The maximum Gasteiger partial charge on any atom is 0.264 e. The fourth-order valence-corrected chi connectivity index (χ4v) is 4.96. The highest BCUT2D eigenvalue weighted by molar-refractivity contribution is 7.92. The van der Waals surface area contributed by atoms with Crippen molar-refractivity contribution in [3.8, 4) is 0 Å². The molecule has 0 radical (unpaired) electrons. The molecule has 0 aliphatic heterocycles. The van der Waals surface area contributed by atoms with Gasteiger partial charge in [-0.3, -0.25) is 9.10 Å². The molecule has 0 saturated heterocycles. The van der Waals surface area contributed by atoms with Crippen LogP contribution in [-0.2, 0) is 16.4 Å². The standard InChI is InChI=1S/C24H21ClFN3O3S/c1-29(18-8-6-17(26)7-9-18)33(31,32)19-10-11-22(25)21(14-19)24(30)27-13-12-16-15-28-23-5-3-2-4-20(16)23/h2-11,14-15,28H,12-13H2,1H3,(H,27,30). The number of aromatic nitrogens is 1. The lowest BCUT2D eigenvalue weighted by atomic mass is 10.1. The average molecular weight is 486 g/mol. The number of H-pyrrole nitrogens is 1. The van der Waals surface area contributed by atoms with Crippen molar-refractivity contribution in [2.45, 2.75) is 11.3 Å². The normalized spacial score (nSPS) is 11.5. The van der Waals surface area contributed by atoms with E-state index in [9.17, 15) is 17.6 Å². The third-order valence-corrected chi connectivity index (χ3v) is 7.50. The van der Waals surface area contributed by atoms with Crippen LogP contribution < -0.4 is 9.62 Å². The van der Waals surface area contributed by atoms with Crippen LogP contribution >= 0.6 is 11.6 Å². The molecule has 0 unspecified atom stereocenters. The lowest BCUT2D eigenvalue weighted by Crippen LogP contribution is -2.28. The topological polar surface area (TPSA) is 82.3 Å². The van der Waals surface area contributed by atoms with E-state index in [-0.39, 0.29) is 21.2 Å². The second-order valence-electron chi connectivity index (χ2n) is 7.46. The van der Waals surface area contributed by atoms with E-state index in [0.29, 0.717) is 13.0 Å². The minimum absolute atomic E-state index is 0.0594. The number of hydrogen-bond acceptors (Lipinski definition) is 3. The van der Waals surface area contributed by atoms with Crippen LogP contribution in [0.25, 0.3) is 10.9 Å². The van der Waals surface area contributed by atoms with E-state index in [4.69, 9.17) is 11.6 Å². The summed E-state index contributed by atoms with van der Waals surface area (Å²) in [6.07, 6.45) is 2.50. The molecule has 170 valence electrons. The summed E-state index contributed by atoms with van der Waals surface area (Å²) in [6, 6.07) is 16.9. The molecule has 0 aliphatic rings. The number of fused-ring (bicyclic) bond motifs is 1. The predicted molar refractivity (Wildman–Crippen MR) is 128 cm³/mol. The molecule has 3 aromatic carbocycles. The van der Waals surface area contributed by atoms with E-state index in [2.05, 4.69) is 10.3 Å². The Labute approximate surface area is 196 Å². The molecule has 4 aromatic rings. The monoisotopic (exact) mass is 485 g/mol. The highest BCUT2D eigenvalue weighted by atomic mass is 35.5. The maximum absolute atomic E-state index is 13.2. The number of amides is 1. The van der Waals surface area contributed by atoms with Crippen LogP contribution in [0.5, 0.6) is 0 Å². The van der Waals surface area contributed by atoms with Crippen molar-refractivity contribution in [3.63, 3.8) is 0 Å². The Kier molecular flexibility index (Phi) is 6.40. The number of carbonyl (C=O) groups is 1. The summed E-state index contributed by atoms with van der Waals surface area (Å²) in [5.41, 5.74) is 2.43. The molecule has 4 rings (SSSR count). The van der Waals surface area contributed by atoms with E-state index < -0.39 is 21.7 Å². The van der Waals surface area contributed by atoms with Crippen LogP contribution in [-0.4, -0.2) is 32.9 Å². The molecule has 9 heteroatoms. The van der Waals surface area contributed by atoms with Crippen molar-refractivity contribution in [1.82, 2.24) is 10.3 Å². The quantitative estimate of drug-likeness (QED) is 0.396. The summed E-state index contributed by atoms with van der Waals surface area (Å²) in [6.45, 7) is 0.351. The van der Waals surface area contributed by atoms with Gasteiger partial charge < -0.3 is 10.3 Å². The highest BCUT2D eigenvalue weighted by Gasteiger charge is 2.24. The third-order valence-electron chi connectivity index (χ3n) is 5.39. The Hall–Kier alpha value is -3.36. The zero-order chi connectivity index (χ0) is 23.6. The SMILES string of the molecule is CN(c1ccc(F)cc1)S(=O)(=O)c1ccc(Cl)c(C(=O)NCCc2c[nH]c3ccccc23)c1. The van der Waals surface area contributed by atoms with Gasteiger partial charge in [0.25, 0.3) is 15.9 Å². The lowest BCUT2D eigenvalue weighted by Gasteiger charge is -2.20. The van der Waals surface area contributed by atoms with E-state index >= 15 is 0 Å². The number of para-hydroxylation sites is 1. The number of sulfonamides is 1. The molecular formula is C24H21ClFN3O3S. The Balaban J connectivity index is 1.50. The summed E-state index contributed by atoms with van der Waals surface area (Å²) in [5.74, 6) is -0.941. The Morgan fingerprint density at radius 2 is 1.82 bits per heavy atom. The number of nitrogens with one attached hydrogen (secondary N) is 2. The van der Waals surface area contributed by atoms with E-state index in [1.54, 1.807) is 0 Å². The Bertz CT molecular complexity index is 1420. The Morgan fingerprint density at radius 1 is 1.09 bits per heavy atom. The first kappa shape index (κ1) is 22.8. The first-order valence-electron chi connectivity index (χ1n) is 10.1. The summed E-state index contributed by atoms with van der Waals surface area (Å²) < 4.78 is 40.3. The smallest absolute Gasteiger partial charge is 0.264 e. The van der Waals surface area contributed by atoms with Crippen LogP contribution in [0.1, 0.15) is 15.9 Å². The molecule has 0 aliphatic carbocycles. The van der Waals surface area contributed by atoms with E-state index in [1.165, 1.54) is 49.5 Å². The highest BCUT2D eigenvalue weighted by Crippen LogP contribution is 2.26. The van der Waals surface area contributed by atoms with Gasteiger partial charge in [0.05, 0.1) is 21.2 Å². The number of benzene rings is 3. The number of aromatic amines is 1. The van der Waals surface area contributed by atoms with Gasteiger partial charge in [-0.05, 0) is 60.5 Å². The minimum Gasteiger partial charge on any atom is -0.361 e. The molecule has 0 bridgehead atoms. The van der Waals surface area contributed by atoms with Crippen molar-refractivity contribution >= 4 is 44.1 Å². The average Bonchev–Trinajstić information content (AvgIpc) is 3.22. The van der Waals surface area contributed by atoms with Gasteiger partial charge in [0.2, 0.25) is 0 Å². The summed E-state index contributed by atoms with van der Waals surface area (Å²) in [4.78, 5) is 15.9. The number of nitrogens with zero attached hydrogens (tertiary/aromatic N) is 1. The van der Waals surface area contributed by atoms with Gasteiger partial charge >= 0.3 is 0 Å². The van der Waals surface area contributed by atoms with Gasteiger partial charge in [-0.2, -0.15) is 0 Å². The molecule has 0 saturated carbocycles. The zero-order valence-electron chi connectivity index (χ0n) is 17.7. The van der Waals surface area contributed by atoms with Crippen LogP contribution in [0.4, 0.5) is 10.1 Å². The number of hydrogen-bond donors (Lipinski definition) is 2. The second kappa shape index (κ2) is 9.25. The van der Waals surface area contributed by atoms with Crippen LogP contribution in [0.2, 0.25) is 5.02 Å². The first-order valence-corrected chi connectivity index (χ1v) is 12.0. The molecule has 1 heterocycles. The molecule has 0 atom stereocenters. The summed E-state index contributed by atoms with van der Waals surface area (Å²) in [7, 11) is -2.63. The number of carbonyl (C=O) groups excluding carboxylic acids is 1. The third kappa shape index (κ3) is 4.72. The van der Waals surface area contributed by atoms with Gasteiger partial charge in [-0.15, -0.1) is 0 Å². The molecular weight excluding hydrogens is 465 g/mol. The number of halogens is 2. The minimum atomic E-state index is -3.99.